The molecule has 174 valence electrons. The van der Waals surface area contributed by atoms with E-state index in [1.54, 1.807) is 31.2 Å². The summed E-state index contributed by atoms with van der Waals surface area (Å²) in [5.41, 5.74) is 1.68. The van der Waals surface area contributed by atoms with E-state index in [0.717, 1.165) is 0 Å². The van der Waals surface area contributed by atoms with Gasteiger partial charge >= 0.3 is 63.1 Å². The molecule has 0 unspecified atom stereocenters. The fourth-order valence-electron chi connectivity index (χ4n) is 3.13. The van der Waals surface area contributed by atoms with Gasteiger partial charge in [-0.2, -0.15) is 13.7 Å². The summed E-state index contributed by atoms with van der Waals surface area (Å²) in [5, 5.41) is 10.0. The van der Waals surface area contributed by atoms with Crippen LogP contribution in [0.15, 0.2) is 45.6 Å². The van der Waals surface area contributed by atoms with Gasteiger partial charge in [-0.15, -0.1) is 0 Å². The third-order valence-corrected chi connectivity index (χ3v) is 5.94. The predicted octanol–water partition coefficient (Wildman–Crippen LogP) is -0.383. The summed E-state index contributed by atoms with van der Waals surface area (Å²) >= 11 is 0. The number of anilines is 1. The van der Waals surface area contributed by atoms with E-state index in [1.165, 1.54) is 38.2 Å². The minimum absolute atomic E-state index is 0. The largest absolute Gasteiger partial charge is 1.00 e. The third kappa shape index (κ3) is 6.45. The van der Waals surface area contributed by atoms with Crippen LogP contribution < -0.4 is 71.2 Å². The smallest absolute Gasteiger partial charge is 1.00 e. The summed E-state index contributed by atoms with van der Waals surface area (Å²) in [6.45, 7) is 1.73. The van der Waals surface area contributed by atoms with Crippen LogP contribution in [0.1, 0.15) is 23.7 Å². The first-order valence-electron chi connectivity index (χ1n) is 9.74. The molecule has 0 atom stereocenters. The number of amides is 1. The maximum Gasteiger partial charge on any atom is 1.00 e. The van der Waals surface area contributed by atoms with Crippen LogP contribution in [0.2, 0.25) is 0 Å². The van der Waals surface area contributed by atoms with Crippen LogP contribution in [-0.2, 0) is 16.6 Å². The van der Waals surface area contributed by atoms with Gasteiger partial charge in [-0.05, 0) is 36.2 Å². The zero-order valence-electron chi connectivity index (χ0n) is 20.4. The molecule has 1 heterocycles. The molecule has 0 fully saturated rings. The van der Waals surface area contributed by atoms with Crippen molar-refractivity contribution in [1.82, 2.24) is 9.62 Å². The van der Waals surface area contributed by atoms with Gasteiger partial charge in [-0.3, -0.25) is 4.72 Å². The molecule has 0 bridgehead atoms. The van der Waals surface area contributed by atoms with E-state index in [1.807, 2.05) is 6.07 Å². The molecule has 12 heteroatoms. The molecule has 0 saturated heterocycles. The number of carbonyl (C=O) groups is 1. The van der Waals surface area contributed by atoms with Gasteiger partial charge in [0.05, 0.1) is 11.3 Å². The van der Waals surface area contributed by atoms with Crippen LogP contribution >= 0.6 is 0 Å². The normalized spacial score (nSPS) is 10.8. The van der Waals surface area contributed by atoms with E-state index in [-0.39, 0.29) is 76.1 Å². The van der Waals surface area contributed by atoms with Crippen LogP contribution in [-0.4, -0.2) is 40.6 Å². The van der Waals surface area contributed by atoms with Gasteiger partial charge in [0.2, 0.25) is 0 Å². The summed E-state index contributed by atoms with van der Waals surface area (Å²) in [4.78, 5) is 25.9. The van der Waals surface area contributed by atoms with E-state index >= 15 is 0 Å². The van der Waals surface area contributed by atoms with Crippen molar-refractivity contribution < 1.29 is 75.2 Å². The van der Waals surface area contributed by atoms with Crippen LogP contribution in [0.4, 0.5) is 10.5 Å². The second kappa shape index (κ2) is 11.5. The minimum Gasteiger partial charge on any atom is -1.00 e. The first-order valence-corrected chi connectivity index (χ1v) is 11.2. The number of nitrogens with one attached hydrogen (secondary N) is 2. The number of hydrogen-bond donors (Lipinski definition) is 2. The number of carbonyl (C=O) groups excluding carboxylic acids is 1. The maximum atomic E-state index is 12.7. The maximum absolute atomic E-state index is 12.7. The molecule has 3 rings (SSSR count). The fraction of sp³-hybridized carbons (Fsp3) is 0.227. The Morgan fingerprint density at radius 3 is 2.59 bits per heavy atom. The molecule has 1 aromatic heterocycles. The van der Waals surface area contributed by atoms with Crippen molar-refractivity contribution in [3.63, 3.8) is 0 Å². The molecule has 1 amide bonds. The molecule has 2 N–H and O–H groups in total. The number of nitrogens with zero attached hydrogens (tertiary/aromatic N) is 2. The van der Waals surface area contributed by atoms with Crippen molar-refractivity contribution in [2.75, 3.05) is 25.9 Å². The second-order valence-electron chi connectivity index (χ2n) is 7.40. The molecule has 0 spiro atoms. The second-order valence-corrected chi connectivity index (χ2v) is 9.02. The Hall–Kier alpha value is -2.24. The summed E-state index contributed by atoms with van der Waals surface area (Å²) in [6.07, 6.45) is -0.492. The van der Waals surface area contributed by atoms with E-state index in [2.05, 4.69) is 9.44 Å². The first-order chi connectivity index (χ1) is 15.5. The number of ether oxygens (including phenoxy) is 1. The molecule has 10 nitrogen and oxygen atoms in total. The van der Waals surface area contributed by atoms with E-state index in [9.17, 15) is 23.3 Å². The summed E-state index contributed by atoms with van der Waals surface area (Å²) < 4.78 is 38.7. The Morgan fingerprint density at radius 2 is 1.97 bits per heavy atom. The topological polar surface area (TPSA) is 142 Å². The molecular weight excluding hydrogens is 487 g/mol. The van der Waals surface area contributed by atoms with E-state index < -0.39 is 21.9 Å². The number of aryl methyl sites for hydroxylation is 1. The Balaban J connectivity index is 0.00000306. The molecule has 0 saturated carbocycles. The van der Waals surface area contributed by atoms with Crippen molar-refractivity contribution >= 4 is 33.0 Å². The quantitative estimate of drug-likeness (QED) is 0.340. The van der Waals surface area contributed by atoms with E-state index in [0.29, 0.717) is 27.8 Å². The molecule has 34 heavy (non-hydrogen) atoms. The number of benzene rings is 2. The Labute approximate surface area is 241 Å². The monoisotopic (exact) mass is 510 g/mol. The van der Waals surface area contributed by atoms with E-state index in [4.69, 9.17) is 9.15 Å². The van der Waals surface area contributed by atoms with Gasteiger partial charge in [0, 0.05) is 44.6 Å². The minimum atomic E-state index is -3.68. The average Bonchev–Trinajstić information content (AvgIpc) is 2.76. The summed E-state index contributed by atoms with van der Waals surface area (Å²) in [7, 11) is 0.616. The molecule has 0 radical (unpaired) electrons. The Morgan fingerprint density at radius 1 is 1.26 bits per heavy atom. The van der Waals surface area contributed by atoms with Crippen LogP contribution in [0.3, 0.4) is 0 Å². The number of nitriles is 1. The Kier molecular flexibility index (Phi) is 9.43. The molecule has 3 aromatic rings. The molecule has 0 aliphatic heterocycles. The average molecular weight is 511 g/mol. The first kappa shape index (κ1) is 28.0. The van der Waals surface area contributed by atoms with Crippen LogP contribution in [0.5, 0.6) is 5.75 Å². The van der Waals surface area contributed by atoms with Crippen molar-refractivity contribution in [3.05, 3.63) is 69.1 Å². The molecular formula is C22H23KN4O6S. The van der Waals surface area contributed by atoms with Gasteiger partial charge in [0.1, 0.15) is 11.7 Å². The molecule has 0 aliphatic carbocycles. The van der Waals surface area contributed by atoms with Crippen molar-refractivity contribution in [3.8, 4) is 11.8 Å². The fourth-order valence-corrected chi connectivity index (χ4v) is 3.67. The van der Waals surface area contributed by atoms with Crippen LogP contribution in [0, 0.1) is 18.3 Å². The van der Waals surface area contributed by atoms with Crippen molar-refractivity contribution in [2.45, 2.75) is 13.3 Å². The number of rotatable bonds is 6. The standard InChI is InChI=1S/C22H22N4O6S.K.H/c1-13-17-10-15(12-23)19(32-22(28)26(3)4)11-20(17)31-21(27)18(13)9-14-6-5-7-16(8-14)25-33(29,30)24-2;;/h5-8,10-11,24-25H,9H2,1-4H3;;/q;+1;-1. The van der Waals surface area contributed by atoms with Crippen molar-refractivity contribution in [1.29, 1.82) is 5.26 Å². The Bertz CT molecular complexity index is 1450. The summed E-state index contributed by atoms with van der Waals surface area (Å²) in [5.74, 6) is -0.0106. The number of hydrogen-bond acceptors (Lipinski definition) is 7. The SMILES string of the molecule is CNS(=O)(=O)Nc1cccc(Cc2c(C)c3cc(C#N)c(OC(=O)N(C)C)cc3oc2=O)c1.[H-].[K+]. The zero-order chi connectivity index (χ0) is 24.3. The van der Waals surface area contributed by atoms with Gasteiger partial charge < -0.3 is 15.5 Å². The van der Waals surface area contributed by atoms with Gasteiger partial charge in [0.25, 0.3) is 10.2 Å². The third-order valence-electron chi connectivity index (χ3n) is 4.90. The van der Waals surface area contributed by atoms with Crippen LogP contribution in [0.25, 0.3) is 11.0 Å². The predicted molar refractivity (Wildman–Crippen MR) is 124 cm³/mol. The molecule has 2 aromatic carbocycles. The summed E-state index contributed by atoms with van der Waals surface area (Å²) in [6, 6.07) is 11.5. The van der Waals surface area contributed by atoms with Gasteiger partial charge in [-0.1, -0.05) is 12.1 Å². The van der Waals surface area contributed by atoms with Gasteiger partial charge in [0.15, 0.2) is 5.75 Å². The molecule has 0 aliphatic rings. The van der Waals surface area contributed by atoms with Gasteiger partial charge in [-0.25, -0.2) is 14.3 Å². The van der Waals surface area contributed by atoms with Crippen molar-refractivity contribution in [2.24, 2.45) is 0 Å². The zero-order valence-corrected chi connectivity index (χ0v) is 23.4. The number of fused-ring (bicyclic) bond motifs is 1.